The van der Waals surface area contributed by atoms with E-state index in [2.05, 4.69) is 0 Å². The van der Waals surface area contributed by atoms with Gasteiger partial charge in [0, 0.05) is 52.4 Å². The van der Waals surface area contributed by atoms with Crippen molar-refractivity contribution in [3.05, 3.63) is 58.7 Å². The van der Waals surface area contributed by atoms with Gasteiger partial charge in [0.2, 0.25) is 15.9 Å². The van der Waals surface area contributed by atoms with Crippen molar-refractivity contribution in [1.82, 2.24) is 9.21 Å². The number of benzene rings is 2. The summed E-state index contributed by atoms with van der Waals surface area (Å²) in [4.78, 5) is 17.2. The second-order valence-corrected chi connectivity index (χ2v) is 11.0. The summed E-state index contributed by atoms with van der Waals surface area (Å²) in [5.41, 5.74) is 4.82. The van der Waals surface area contributed by atoms with E-state index in [1.165, 1.54) is 0 Å². The van der Waals surface area contributed by atoms with E-state index >= 15 is 0 Å². The summed E-state index contributed by atoms with van der Waals surface area (Å²) in [5, 5.41) is 0. The fraction of sp³-hybridized carbons (Fsp3) is 0.480. The molecule has 0 spiro atoms. The zero-order valence-electron chi connectivity index (χ0n) is 20.1. The third kappa shape index (κ3) is 5.15. The quantitative estimate of drug-likeness (QED) is 0.663. The van der Waals surface area contributed by atoms with Crippen LogP contribution in [-0.4, -0.2) is 57.8 Å². The van der Waals surface area contributed by atoms with Gasteiger partial charge in [0.15, 0.2) is 0 Å². The second kappa shape index (κ2) is 9.63. The Morgan fingerprint density at radius 3 is 2.00 bits per heavy atom. The van der Waals surface area contributed by atoms with E-state index in [1.54, 1.807) is 9.21 Å². The van der Waals surface area contributed by atoms with Crippen LogP contribution in [-0.2, 0) is 21.4 Å². The molecule has 1 heterocycles. The van der Waals surface area contributed by atoms with Crippen molar-refractivity contribution in [1.29, 1.82) is 0 Å². The topological polar surface area (TPSA) is 60.9 Å². The predicted molar refractivity (Wildman–Crippen MR) is 129 cm³/mol. The first kappa shape index (κ1) is 24.3. The van der Waals surface area contributed by atoms with E-state index in [0.29, 0.717) is 37.4 Å². The minimum absolute atomic E-state index is 0.0847. The Morgan fingerprint density at radius 2 is 1.50 bits per heavy atom. The monoisotopic (exact) mass is 457 g/mol. The molecular formula is C25H35N3O3S. The number of amides is 1. The average Bonchev–Trinajstić information content (AvgIpc) is 2.72. The van der Waals surface area contributed by atoms with Crippen molar-refractivity contribution in [3.63, 3.8) is 0 Å². The number of hydrogen-bond acceptors (Lipinski definition) is 4. The van der Waals surface area contributed by atoms with Crippen molar-refractivity contribution in [3.8, 4) is 0 Å². The molecule has 2 aromatic carbocycles. The average molecular weight is 458 g/mol. The smallest absolute Gasteiger partial charge is 0.243 e. The Balaban J connectivity index is 1.63. The normalized spacial score (nSPS) is 15.6. The fourth-order valence-electron chi connectivity index (χ4n) is 4.61. The van der Waals surface area contributed by atoms with Crippen LogP contribution in [0.2, 0.25) is 0 Å². The molecule has 0 aliphatic carbocycles. The summed E-state index contributed by atoms with van der Waals surface area (Å²) in [6.45, 7) is 6.97. The van der Waals surface area contributed by atoms with Crippen LogP contribution in [0.25, 0.3) is 0 Å². The second-order valence-electron chi connectivity index (χ2n) is 9.16. The first-order chi connectivity index (χ1) is 15.0. The Labute approximate surface area is 192 Å². The van der Waals surface area contributed by atoms with Crippen LogP contribution in [0.1, 0.15) is 35.1 Å². The maximum absolute atomic E-state index is 13.3. The van der Waals surface area contributed by atoms with Crippen molar-refractivity contribution in [2.24, 2.45) is 5.92 Å². The lowest BCUT2D eigenvalue weighted by Crippen LogP contribution is -2.43. The van der Waals surface area contributed by atoms with Crippen LogP contribution in [0.4, 0.5) is 5.69 Å². The van der Waals surface area contributed by atoms with Gasteiger partial charge in [-0.25, -0.2) is 8.42 Å². The number of hydrogen-bond donors (Lipinski definition) is 0. The number of carbonyl (C=O) groups is 1. The number of carbonyl (C=O) groups excluding carboxylic acids is 1. The van der Waals surface area contributed by atoms with Gasteiger partial charge in [-0.15, -0.1) is 0 Å². The van der Waals surface area contributed by atoms with Gasteiger partial charge in [0.05, 0.1) is 4.90 Å². The SMILES string of the molecule is Cc1cc(C)c(S(=O)(=O)N2CCC(C(=O)N(C)Cc3ccc(N(C)C)cc3)CC2)c(C)c1. The van der Waals surface area contributed by atoms with Crippen LogP contribution < -0.4 is 4.90 Å². The van der Waals surface area contributed by atoms with Crippen LogP contribution in [0.5, 0.6) is 0 Å². The maximum Gasteiger partial charge on any atom is 0.243 e. The highest BCUT2D eigenvalue weighted by Gasteiger charge is 2.34. The minimum atomic E-state index is -3.56. The van der Waals surface area contributed by atoms with Crippen molar-refractivity contribution in [2.45, 2.75) is 45.1 Å². The summed E-state index contributed by atoms with van der Waals surface area (Å²) < 4.78 is 28.1. The molecule has 2 aromatic rings. The Kier molecular flexibility index (Phi) is 7.30. The lowest BCUT2D eigenvalue weighted by atomic mass is 9.96. The molecule has 0 bridgehead atoms. The summed E-state index contributed by atoms with van der Waals surface area (Å²) >= 11 is 0. The van der Waals surface area contributed by atoms with E-state index in [4.69, 9.17) is 0 Å². The van der Waals surface area contributed by atoms with E-state index in [0.717, 1.165) is 27.9 Å². The van der Waals surface area contributed by atoms with Crippen LogP contribution in [0, 0.1) is 26.7 Å². The van der Waals surface area contributed by atoms with Gasteiger partial charge in [-0.05, 0) is 62.4 Å². The molecule has 6 nitrogen and oxygen atoms in total. The molecule has 174 valence electrons. The summed E-state index contributed by atoms with van der Waals surface area (Å²) in [6.07, 6.45) is 1.10. The lowest BCUT2D eigenvalue weighted by Gasteiger charge is -2.33. The van der Waals surface area contributed by atoms with Gasteiger partial charge in [-0.2, -0.15) is 4.31 Å². The Hall–Kier alpha value is -2.38. The molecule has 1 aliphatic rings. The van der Waals surface area contributed by atoms with Crippen LogP contribution >= 0.6 is 0 Å². The van der Waals surface area contributed by atoms with Gasteiger partial charge >= 0.3 is 0 Å². The number of aryl methyl sites for hydroxylation is 3. The number of rotatable bonds is 6. The van der Waals surface area contributed by atoms with Gasteiger partial charge in [-0.3, -0.25) is 4.79 Å². The highest BCUT2D eigenvalue weighted by Crippen LogP contribution is 2.29. The van der Waals surface area contributed by atoms with Gasteiger partial charge in [-0.1, -0.05) is 29.8 Å². The highest BCUT2D eigenvalue weighted by atomic mass is 32.2. The summed E-state index contributed by atoms with van der Waals surface area (Å²) in [6, 6.07) is 12.0. The fourth-order valence-corrected chi connectivity index (χ4v) is 6.49. The van der Waals surface area contributed by atoms with Gasteiger partial charge in [0.1, 0.15) is 0 Å². The van der Waals surface area contributed by atoms with Crippen molar-refractivity contribution < 1.29 is 13.2 Å². The van der Waals surface area contributed by atoms with E-state index < -0.39 is 10.0 Å². The number of nitrogens with zero attached hydrogens (tertiary/aromatic N) is 3. The Morgan fingerprint density at radius 1 is 0.969 bits per heavy atom. The third-order valence-electron chi connectivity index (χ3n) is 6.25. The number of piperidine rings is 1. The van der Waals surface area contributed by atoms with Crippen LogP contribution in [0.15, 0.2) is 41.3 Å². The molecule has 0 unspecified atom stereocenters. The van der Waals surface area contributed by atoms with E-state index in [9.17, 15) is 13.2 Å². The van der Waals surface area contributed by atoms with E-state index in [-0.39, 0.29) is 11.8 Å². The molecular weight excluding hydrogens is 422 g/mol. The van der Waals surface area contributed by atoms with Crippen molar-refractivity contribution in [2.75, 3.05) is 39.1 Å². The molecule has 0 atom stereocenters. The standard InChI is InChI=1S/C25H35N3O3S/c1-18-15-19(2)24(20(3)16-18)32(30,31)28-13-11-22(12-14-28)25(29)27(6)17-21-7-9-23(10-8-21)26(4)5/h7-10,15-16,22H,11-14,17H2,1-6H3. The summed E-state index contributed by atoms with van der Waals surface area (Å²) in [5.74, 6) is -0.0610. The third-order valence-corrected chi connectivity index (χ3v) is 8.46. The molecule has 0 aromatic heterocycles. The molecule has 0 radical (unpaired) electrons. The zero-order valence-corrected chi connectivity index (χ0v) is 20.9. The van der Waals surface area contributed by atoms with E-state index in [1.807, 2.05) is 83.2 Å². The first-order valence-corrected chi connectivity index (χ1v) is 12.5. The predicted octanol–water partition coefficient (Wildman–Crippen LogP) is 3.74. The Bertz CT molecular complexity index is 1050. The molecule has 3 rings (SSSR count). The first-order valence-electron chi connectivity index (χ1n) is 11.1. The molecule has 0 N–H and O–H groups in total. The van der Waals surface area contributed by atoms with Gasteiger partial charge in [0.25, 0.3) is 0 Å². The lowest BCUT2D eigenvalue weighted by molar-refractivity contribution is -0.135. The molecule has 1 saturated heterocycles. The minimum Gasteiger partial charge on any atom is -0.378 e. The number of sulfonamides is 1. The highest BCUT2D eigenvalue weighted by molar-refractivity contribution is 7.89. The molecule has 1 fully saturated rings. The molecule has 1 amide bonds. The van der Waals surface area contributed by atoms with Crippen molar-refractivity contribution >= 4 is 21.6 Å². The molecule has 7 heteroatoms. The largest absolute Gasteiger partial charge is 0.378 e. The molecule has 1 aliphatic heterocycles. The summed E-state index contributed by atoms with van der Waals surface area (Å²) in [7, 11) is 2.26. The maximum atomic E-state index is 13.3. The zero-order chi connectivity index (χ0) is 23.6. The molecule has 32 heavy (non-hydrogen) atoms. The molecule has 0 saturated carbocycles. The van der Waals surface area contributed by atoms with Crippen LogP contribution in [0.3, 0.4) is 0 Å². The number of anilines is 1. The van der Waals surface area contributed by atoms with Gasteiger partial charge < -0.3 is 9.80 Å².